The van der Waals surface area contributed by atoms with Crippen molar-refractivity contribution in [3.8, 4) is 0 Å². The molecule has 0 unspecified atom stereocenters. The fourth-order valence-electron chi connectivity index (χ4n) is 1.79. The van der Waals surface area contributed by atoms with Gasteiger partial charge in [-0.15, -0.1) is 11.3 Å². The molecule has 0 radical (unpaired) electrons. The zero-order chi connectivity index (χ0) is 15.2. The summed E-state index contributed by atoms with van der Waals surface area (Å²) in [5, 5.41) is 0. The summed E-state index contributed by atoms with van der Waals surface area (Å²) in [5.74, 6) is -0.581. The fraction of sp³-hybridized carbons (Fsp3) is 0.0833. The molecule has 0 aliphatic heterocycles. The van der Waals surface area contributed by atoms with Gasteiger partial charge in [-0.2, -0.15) is 0 Å². The minimum absolute atomic E-state index is 0.215. The van der Waals surface area contributed by atoms with Crippen LogP contribution in [0.15, 0.2) is 41.5 Å². The minimum Gasteiger partial charge on any atom is -0.408 e. The molecule has 110 valence electrons. The van der Waals surface area contributed by atoms with E-state index in [-0.39, 0.29) is 4.21 Å². The van der Waals surface area contributed by atoms with E-state index in [1.54, 1.807) is 6.07 Å². The molecule has 0 saturated heterocycles. The first-order valence-electron chi connectivity index (χ1n) is 5.77. The number of nitrogens with one attached hydrogen (secondary N) is 2. The smallest absolute Gasteiger partial charge is 0.408 e. The van der Waals surface area contributed by atoms with Gasteiger partial charge in [-0.25, -0.2) is 13.2 Å². The summed E-state index contributed by atoms with van der Waals surface area (Å²) in [5.41, 5.74) is 2.01. The van der Waals surface area contributed by atoms with Gasteiger partial charge in [-0.1, -0.05) is 0 Å². The molecule has 0 aliphatic rings. The number of fused-ring (bicyclic) bond motifs is 1. The largest absolute Gasteiger partial charge is 0.417 e. The molecule has 21 heavy (non-hydrogen) atoms. The van der Waals surface area contributed by atoms with E-state index in [9.17, 15) is 13.2 Å². The predicted octanol–water partition coefficient (Wildman–Crippen LogP) is 3.05. The summed E-state index contributed by atoms with van der Waals surface area (Å²) in [6.45, 7) is 1.82. The molecule has 0 atom stereocenters. The number of hydrogen-bond donors (Lipinski definition) is 2. The molecule has 0 aliphatic carbocycles. The lowest BCUT2D eigenvalue weighted by Gasteiger charge is -2.05. The predicted molar refractivity (Wildman–Crippen MR) is 84.4 cm³/mol. The Morgan fingerprint density at radius 3 is 2.76 bits per heavy atom. The van der Waals surface area contributed by atoms with E-state index < -0.39 is 15.8 Å². The lowest BCUT2D eigenvalue weighted by atomic mass is 10.3. The summed E-state index contributed by atoms with van der Waals surface area (Å²) in [4.78, 5) is 13.6. The molecule has 3 aromatic rings. The second kappa shape index (κ2) is 5.00. The summed E-state index contributed by atoms with van der Waals surface area (Å²) in [7, 11) is -3.66. The van der Waals surface area contributed by atoms with Gasteiger partial charge in [0, 0.05) is 0 Å². The Morgan fingerprint density at radius 1 is 1.33 bits per heavy atom. The molecular formula is C12H9BrN2O4S2. The number of thiophene rings is 1. The maximum Gasteiger partial charge on any atom is 0.417 e. The van der Waals surface area contributed by atoms with Crippen LogP contribution in [0.25, 0.3) is 11.1 Å². The third kappa shape index (κ3) is 2.76. The minimum atomic E-state index is -3.66. The molecule has 2 N–H and O–H groups in total. The topological polar surface area (TPSA) is 92.2 Å². The van der Waals surface area contributed by atoms with Crippen LogP contribution in [-0.4, -0.2) is 13.4 Å². The normalized spacial score (nSPS) is 11.9. The van der Waals surface area contributed by atoms with Crippen molar-refractivity contribution in [2.24, 2.45) is 0 Å². The Balaban J connectivity index is 1.98. The molecule has 0 spiro atoms. The summed E-state index contributed by atoms with van der Waals surface area (Å²) >= 11 is 4.44. The van der Waals surface area contributed by atoms with Crippen LogP contribution in [0.4, 0.5) is 5.69 Å². The molecule has 0 saturated carbocycles. The van der Waals surface area contributed by atoms with Gasteiger partial charge in [-0.3, -0.25) is 9.71 Å². The second-order valence-corrected chi connectivity index (χ2v) is 8.63. The second-order valence-electron chi connectivity index (χ2n) is 4.35. The van der Waals surface area contributed by atoms with Crippen LogP contribution in [0.1, 0.15) is 5.56 Å². The Labute approximate surface area is 132 Å². The Kier molecular flexibility index (Phi) is 3.42. The molecule has 2 heterocycles. The number of aromatic amines is 1. The Morgan fingerprint density at radius 2 is 2.10 bits per heavy atom. The molecule has 3 rings (SSSR count). The molecule has 0 fully saturated rings. The van der Waals surface area contributed by atoms with Crippen LogP contribution in [0.2, 0.25) is 0 Å². The number of rotatable bonds is 3. The lowest BCUT2D eigenvalue weighted by Crippen LogP contribution is -2.11. The van der Waals surface area contributed by atoms with Crippen molar-refractivity contribution in [3.63, 3.8) is 0 Å². The van der Waals surface area contributed by atoms with E-state index in [1.165, 1.54) is 18.2 Å². The molecule has 6 nitrogen and oxygen atoms in total. The molecule has 0 amide bonds. The van der Waals surface area contributed by atoms with Crippen LogP contribution in [0.3, 0.4) is 0 Å². The number of hydrogen-bond acceptors (Lipinski definition) is 5. The summed E-state index contributed by atoms with van der Waals surface area (Å²) in [6, 6.07) is 6.16. The fourth-order valence-corrected chi connectivity index (χ4v) is 5.06. The van der Waals surface area contributed by atoms with Crippen molar-refractivity contribution in [1.29, 1.82) is 0 Å². The summed E-state index contributed by atoms with van der Waals surface area (Å²) < 4.78 is 32.9. The van der Waals surface area contributed by atoms with E-state index in [0.717, 1.165) is 20.7 Å². The number of oxazole rings is 1. The van der Waals surface area contributed by atoms with Crippen LogP contribution in [0, 0.1) is 6.92 Å². The van der Waals surface area contributed by atoms with Gasteiger partial charge < -0.3 is 4.42 Å². The average Bonchev–Trinajstić information content (AvgIpc) is 2.91. The zero-order valence-electron chi connectivity index (χ0n) is 10.6. The molecule has 9 heteroatoms. The first kappa shape index (κ1) is 14.4. The molecule has 1 aromatic carbocycles. The van der Waals surface area contributed by atoms with Gasteiger partial charge >= 0.3 is 5.76 Å². The SMILES string of the molecule is Cc1cc(S(=O)(=O)Nc2ccc3oc(=O)[nH]c3c2)sc1Br. The van der Waals surface area contributed by atoms with Crippen molar-refractivity contribution in [1.82, 2.24) is 4.98 Å². The Bertz CT molecular complexity index is 965. The number of benzene rings is 1. The van der Waals surface area contributed by atoms with Crippen molar-refractivity contribution in [2.75, 3.05) is 4.72 Å². The van der Waals surface area contributed by atoms with Crippen LogP contribution >= 0.6 is 27.3 Å². The van der Waals surface area contributed by atoms with Gasteiger partial charge in [0.1, 0.15) is 4.21 Å². The van der Waals surface area contributed by atoms with E-state index in [0.29, 0.717) is 16.8 Å². The molecular weight excluding hydrogens is 380 g/mol. The number of aromatic nitrogens is 1. The van der Waals surface area contributed by atoms with Crippen molar-refractivity contribution in [2.45, 2.75) is 11.1 Å². The number of sulfonamides is 1. The van der Waals surface area contributed by atoms with Crippen molar-refractivity contribution in [3.05, 3.63) is 44.2 Å². The highest BCUT2D eigenvalue weighted by atomic mass is 79.9. The third-order valence-electron chi connectivity index (χ3n) is 2.77. The lowest BCUT2D eigenvalue weighted by molar-refractivity contribution is 0.555. The van der Waals surface area contributed by atoms with E-state index in [4.69, 9.17) is 4.42 Å². The number of halogens is 1. The zero-order valence-corrected chi connectivity index (χ0v) is 13.9. The van der Waals surface area contributed by atoms with Gasteiger partial charge in [0.25, 0.3) is 10.0 Å². The maximum atomic E-state index is 12.3. The molecule has 0 bridgehead atoms. The monoisotopic (exact) mass is 388 g/mol. The highest BCUT2D eigenvalue weighted by molar-refractivity contribution is 9.11. The van der Waals surface area contributed by atoms with Gasteiger partial charge in [-0.05, 0) is 52.7 Å². The van der Waals surface area contributed by atoms with Gasteiger partial charge in [0.05, 0.1) is 15.0 Å². The number of H-pyrrole nitrogens is 1. The highest BCUT2D eigenvalue weighted by Gasteiger charge is 2.18. The van der Waals surface area contributed by atoms with Crippen LogP contribution < -0.4 is 10.5 Å². The van der Waals surface area contributed by atoms with E-state index in [2.05, 4.69) is 25.6 Å². The number of anilines is 1. The third-order valence-corrected chi connectivity index (χ3v) is 6.76. The van der Waals surface area contributed by atoms with E-state index >= 15 is 0 Å². The van der Waals surface area contributed by atoms with Crippen LogP contribution in [0.5, 0.6) is 0 Å². The average molecular weight is 389 g/mol. The summed E-state index contributed by atoms with van der Waals surface area (Å²) in [6.07, 6.45) is 0. The van der Waals surface area contributed by atoms with Gasteiger partial charge in [0.2, 0.25) is 0 Å². The maximum absolute atomic E-state index is 12.3. The number of aryl methyl sites for hydroxylation is 1. The Hall–Kier alpha value is -1.58. The van der Waals surface area contributed by atoms with E-state index in [1.807, 2.05) is 6.92 Å². The quantitative estimate of drug-likeness (QED) is 0.720. The highest BCUT2D eigenvalue weighted by Crippen LogP contribution is 2.31. The standard InChI is InChI=1S/C12H9BrN2O4S2/c1-6-4-10(20-11(6)13)21(17,18)15-7-2-3-9-8(5-7)14-12(16)19-9/h2-5,15H,1H3,(H,14,16). The van der Waals surface area contributed by atoms with Crippen molar-refractivity contribution < 1.29 is 12.8 Å². The van der Waals surface area contributed by atoms with Gasteiger partial charge in [0.15, 0.2) is 5.58 Å². The van der Waals surface area contributed by atoms with Crippen LogP contribution in [-0.2, 0) is 10.0 Å². The van der Waals surface area contributed by atoms with Crippen molar-refractivity contribution >= 4 is 54.1 Å². The molecule has 2 aromatic heterocycles. The first-order valence-corrected chi connectivity index (χ1v) is 8.86. The first-order chi connectivity index (χ1) is 9.85.